The van der Waals surface area contributed by atoms with Gasteiger partial charge >= 0.3 is 5.97 Å². The van der Waals surface area contributed by atoms with E-state index in [4.69, 9.17) is 9.84 Å². The summed E-state index contributed by atoms with van der Waals surface area (Å²) in [5.74, 6) is -2.09. The minimum atomic E-state index is -2.77. The van der Waals surface area contributed by atoms with Crippen LogP contribution < -0.4 is 10.1 Å². The smallest absolute Gasteiger partial charge is 0.325 e. The molecule has 0 saturated carbocycles. The summed E-state index contributed by atoms with van der Waals surface area (Å²) in [6, 6.07) is 3.12. The first-order valence-electron chi connectivity index (χ1n) is 7.00. The standard InChI is InChI=1S/C14H12F2N4O6/c15-12(16)7-26-11-2-9(1-10(3-11)20(24)25)18-14(23)8-4-17-19(5-8)6-13(21)22/h1-5,12H,6-7H2,(H,18,23)(H,21,22). The Bertz CT molecular complexity index is 839. The molecule has 0 atom stereocenters. The van der Waals surface area contributed by atoms with Crippen molar-refractivity contribution < 1.29 is 33.1 Å². The molecule has 1 amide bonds. The summed E-state index contributed by atoms with van der Waals surface area (Å²) in [4.78, 5) is 32.9. The molecule has 2 N–H and O–H groups in total. The number of carboxylic acids is 1. The van der Waals surface area contributed by atoms with Gasteiger partial charge in [0.1, 0.15) is 18.9 Å². The number of non-ortho nitro benzene ring substituents is 1. The number of nitro groups is 1. The monoisotopic (exact) mass is 370 g/mol. The summed E-state index contributed by atoms with van der Waals surface area (Å²) in [6.45, 7) is -1.41. The highest BCUT2D eigenvalue weighted by molar-refractivity contribution is 6.04. The van der Waals surface area contributed by atoms with Crippen LogP contribution in [0.3, 0.4) is 0 Å². The van der Waals surface area contributed by atoms with E-state index in [0.717, 1.165) is 29.1 Å². The summed E-state index contributed by atoms with van der Waals surface area (Å²) in [6.07, 6.45) is -0.480. The Morgan fingerprint density at radius 2 is 2.12 bits per heavy atom. The normalized spacial score (nSPS) is 10.6. The number of anilines is 1. The van der Waals surface area contributed by atoms with E-state index in [9.17, 15) is 28.5 Å². The van der Waals surface area contributed by atoms with E-state index < -0.39 is 42.1 Å². The number of aromatic nitrogens is 2. The Labute approximate surface area is 144 Å². The van der Waals surface area contributed by atoms with Gasteiger partial charge in [0.05, 0.1) is 28.4 Å². The molecule has 1 aromatic carbocycles. The zero-order valence-corrected chi connectivity index (χ0v) is 13.0. The third-order valence-electron chi connectivity index (χ3n) is 2.93. The first-order chi connectivity index (χ1) is 12.2. The molecule has 10 nitrogen and oxygen atoms in total. The topological polar surface area (TPSA) is 137 Å². The number of hydrogen-bond acceptors (Lipinski definition) is 6. The number of carbonyl (C=O) groups excluding carboxylic acids is 1. The molecular formula is C14H12F2N4O6. The number of ether oxygens (including phenoxy) is 1. The van der Waals surface area contributed by atoms with Gasteiger partial charge in [-0.15, -0.1) is 0 Å². The maximum absolute atomic E-state index is 12.2. The molecule has 1 aromatic heterocycles. The van der Waals surface area contributed by atoms with Gasteiger partial charge in [0.15, 0.2) is 0 Å². The number of alkyl halides is 2. The molecule has 0 fully saturated rings. The van der Waals surface area contributed by atoms with Crippen molar-refractivity contribution in [1.29, 1.82) is 0 Å². The van der Waals surface area contributed by atoms with E-state index in [2.05, 4.69) is 10.4 Å². The molecule has 2 aromatic rings. The molecule has 12 heteroatoms. The number of amides is 1. The van der Waals surface area contributed by atoms with Crippen LogP contribution in [0.1, 0.15) is 10.4 Å². The number of benzene rings is 1. The van der Waals surface area contributed by atoms with Gasteiger partial charge in [0.25, 0.3) is 18.0 Å². The van der Waals surface area contributed by atoms with Crippen molar-refractivity contribution in [1.82, 2.24) is 9.78 Å². The third-order valence-corrected chi connectivity index (χ3v) is 2.93. The third kappa shape index (κ3) is 5.22. The van der Waals surface area contributed by atoms with Gasteiger partial charge in [0, 0.05) is 18.3 Å². The number of carboxylic acid groups (broad SMARTS) is 1. The molecule has 0 spiro atoms. The van der Waals surface area contributed by atoms with E-state index in [0.29, 0.717) is 0 Å². The van der Waals surface area contributed by atoms with Crippen LogP contribution in [-0.4, -0.2) is 44.7 Å². The van der Waals surface area contributed by atoms with Crippen LogP contribution in [0.15, 0.2) is 30.6 Å². The number of rotatable bonds is 8. The van der Waals surface area contributed by atoms with E-state index >= 15 is 0 Å². The second kappa shape index (κ2) is 8.00. The van der Waals surface area contributed by atoms with Crippen molar-refractivity contribution in [3.8, 4) is 5.75 Å². The highest BCUT2D eigenvalue weighted by Gasteiger charge is 2.16. The average Bonchev–Trinajstić information content (AvgIpc) is 3.00. The van der Waals surface area contributed by atoms with Gasteiger partial charge in [-0.2, -0.15) is 5.10 Å². The number of nitrogens with zero attached hydrogens (tertiary/aromatic N) is 3. The van der Waals surface area contributed by atoms with E-state index in [1.807, 2.05) is 0 Å². The highest BCUT2D eigenvalue weighted by Crippen LogP contribution is 2.26. The fraction of sp³-hybridized carbons (Fsp3) is 0.214. The molecule has 138 valence electrons. The van der Waals surface area contributed by atoms with Crippen LogP contribution in [0.25, 0.3) is 0 Å². The van der Waals surface area contributed by atoms with Crippen molar-refractivity contribution in [2.45, 2.75) is 13.0 Å². The Morgan fingerprint density at radius 1 is 1.38 bits per heavy atom. The first-order valence-corrected chi connectivity index (χ1v) is 7.00. The SMILES string of the molecule is O=C(O)Cn1cc(C(=O)Nc2cc(OCC(F)F)cc([N+](=O)[O-])c2)cn1. The van der Waals surface area contributed by atoms with Gasteiger partial charge in [-0.25, -0.2) is 8.78 Å². The molecule has 2 rings (SSSR count). The van der Waals surface area contributed by atoms with Crippen LogP contribution >= 0.6 is 0 Å². The predicted octanol–water partition coefficient (Wildman–Crippen LogP) is 1.77. The van der Waals surface area contributed by atoms with Gasteiger partial charge in [0.2, 0.25) is 0 Å². The zero-order valence-electron chi connectivity index (χ0n) is 13.0. The second-order valence-corrected chi connectivity index (χ2v) is 4.95. The molecule has 0 radical (unpaired) electrons. The highest BCUT2D eigenvalue weighted by atomic mass is 19.3. The minimum Gasteiger partial charge on any atom is -0.487 e. The number of aliphatic carboxylic acids is 1. The van der Waals surface area contributed by atoms with E-state index in [-0.39, 0.29) is 17.0 Å². The predicted molar refractivity (Wildman–Crippen MR) is 82.4 cm³/mol. The van der Waals surface area contributed by atoms with Crippen LogP contribution in [0.5, 0.6) is 5.75 Å². The number of nitrogens with one attached hydrogen (secondary N) is 1. The lowest BCUT2D eigenvalue weighted by Crippen LogP contribution is -2.13. The molecule has 0 bridgehead atoms. The second-order valence-electron chi connectivity index (χ2n) is 4.95. The maximum atomic E-state index is 12.2. The summed E-state index contributed by atoms with van der Waals surface area (Å²) in [5.41, 5.74) is -0.513. The van der Waals surface area contributed by atoms with Gasteiger partial charge in [-0.05, 0) is 0 Å². The van der Waals surface area contributed by atoms with Crippen molar-refractivity contribution in [2.24, 2.45) is 0 Å². The van der Waals surface area contributed by atoms with Crippen molar-refractivity contribution in [2.75, 3.05) is 11.9 Å². The number of halogens is 2. The summed E-state index contributed by atoms with van der Waals surface area (Å²) in [5, 5.41) is 25.6. The fourth-order valence-corrected chi connectivity index (χ4v) is 1.91. The van der Waals surface area contributed by atoms with Gasteiger partial charge in [-0.1, -0.05) is 0 Å². The lowest BCUT2D eigenvalue weighted by atomic mass is 10.2. The van der Waals surface area contributed by atoms with Crippen molar-refractivity contribution >= 4 is 23.3 Å². The Morgan fingerprint density at radius 3 is 2.73 bits per heavy atom. The van der Waals surface area contributed by atoms with Crippen LogP contribution in [0, 0.1) is 10.1 Å². The minimum absolute atomic E-state index is 0.00723. The fourth-order valence-electron chi connectivity index (χ4n) is 1.91. The number of hydrogen-bond donors (Lipinski definition) is 2. The van der Waals surface area contributed by atoms with Crippen LogP contribution in [-0.2, 0) is 11.3 Å². The van der Waals surface area contributed by atoms with E-state index in [1.54, 1.807) is 0 Å². The number of nitro benzene ring substituents is 1. The van der Waals surface area contributed by atoms with Gasteiger partial charge < -0.3 is 15.2 Å². The first kappa shape index (κ1) is 18.8. The van der Waals surface area contributed by atoms with Crippen molar-refractivity contribution in [3.63, 3.8) is 0 Å². The summed E-state index contributed by atoms with van der Waals surface area (Å²) >= 11 is 0. The molecule has 0 aliphatic rings. The van der Waals surface area contributed by atoms with Crippen molar-refractivity contribution in [3.05, 3.63) is 46.3 Å². The summed E-state index contributed by atoms with van der Waals surface area (Å²) < 4.78 is 30.2. The molecule has 26 heavy (non-hydrogen) atoms. The lowest BCUT2D eigenvalue weighted by molar-refractivity contribution is -0.384. The summed E-state index contributed by atoms with van der Waals surface area (Å²) in [7, 11) is 0. The van der Waals surface area contributed by atoms with Gasteiger partial charge in [-0.3, -0.25) is 24.4 Å². The van der Waals surface area contributed by atoms with Crippen LogP contribution in [0.4, 0.5) is 20.2 Å². The quantitative estimate of drug-likeness (QED) is 0.534. The Hall–Kier alpha value is -3.57. The van der Waals surface area contributed by atoms with Crippen LogP contribution in [0.2, 0.25) is 0 Å². The average molecular weight is 370 g/mol. The molecule has 1 heterocycles. The Kier molecular flexibility index (Phi) is 5.78. The number of carbonyl (C=O) groups is 2. The molecule has 0 aliphatic heterocycles. The lowest BCUT2D eigenvalue weighted by Gasteiger charge is -2.09. The van der Waals surface area contributed by atoms with E-state index in [1.165, 1.54) is 6.20 Å². The molecule has 0 unspecified atom stereocenters. The maximum Gasteiger partial charge on any atom is 0.325 e. The molecular weight excluding hydrogens is 358 g/mol. The largest absolute Gasteiger partial charge is 0.487 e. The molecule has 0 aliphatic carbocycles. The Balaban J connectivity index is 2.18. The molecule has 0 saturated heterocycles. The zero-order chi connectivity index (χ0) is 19.3.